The average molecular weight is 278 g/mol. The molecule has 2 amide bonds. The van der Waals surface area contributed by atoms with Crippen LogP contribution in [0, 0.1) is 0 Å². The number of nitrogens with zero attached hydrogens (tertiary/aromatic N) is 2. The van der Waals surface area contributed by atoms with Crippen molar-refractivity contribution >= 4 is 11.8 Å². The molecule has 0 saturated heterocycles. The smallest absolute Gasteiger partial charge is 0.270 e. The summed E-state index contributed by atoms with van der Waals surface area (Å²) in [6.07, 6.45) is 4.87. The summed E-state index contributed by atoms with van der Waals surface area (Å²) in [5.41, 5.74) is 5.95. The number of carbonyl (C=O) groups is 2. The van der Waals surface area contributed by atoms with Crippen LogP contribution in [0.25, 0.3) is 0 Å². The molecule has 6 nitrogen and oxygen atoms in total. The summed E-state index contributed by atoms with van der Waals surface area (Å²) in [6, 6.07) is 1.78. The van der Waals surface area contributed by atoms with Gasteiger partial charge < -0.3 is 11.1 Å². The lowest BCUT2D eigenvalue weighted by atomic mass is 9.96. The van der Waals surface area contributed by atoms with E-state index >= 15 is 0 Å². The van der Waals surface area contributed by atoms with Gasteiger partial charge in [-0.25, -0.2) is 0 Å². The van der Waals surface area contributed by atoms with Crippen LogP contribution in [0.1, 0.15) is 55.2 Å². The Balaban J connectivity index is 2.17. The van der Waals surface area contributed by atoms with E-state index in [2.05, 4.69) is 17.3 Å². The highest BCUT2D eigenvalue weighted by atomic mass is 16.2. The first-order valence-electron chi connectivity index (χ1n) is 7.14. The SMILES string of the molecule is CCCc1cc(C(=O)NC2(C(N)=O)CCCC2)n(C)n1. The molecule has 0 radical (unpaired) electrons. The Kier molecular flexibility index (Phi) is 4.11. The van der Waals surface area contributed by atoms with Crippen molar-refractivity contribution in [2.75, 3.05) is 0 Å². The number of hydrogen-bond acceptors (Lipinski definition) is 3. The normalized spacial score (nSPS) is 17.1. The van der Waals surface area contributed by atoms with E-state index < -0.39 is 11.4 Å². The summed E-state index contributed by atoms with van der Waals surface area (Å²) in [4.78, 5) is 24.0. The number of carbonyl (C=O) groups excluding carboxylic acids is 2. The van der Waals surface area contributed by atoms with Crippen LogP contribution in [-0.2, 0) is 18.3 Å². The largest absolute Gasteiger partial charge is 0.368 e. The quantitative estimate of drug-likeness (QED) is 0.838. The second-order valence-electron chi connectivity index (χ2n) is 5.50. The first-order chi connectivity index (χ1) is 9.48. The molecule has 0 aromatic carbocycles. The molecular formula is C14H22N4O2. The molecule has 1 heterocycles. The maximum Gasteiger partial charge on any atom is 0.270 e. The fourth-order valence-corrected chi connectivity index (χ4v) is 2.81. The lowest BCUT2D eigenvalue weighted by Gasteiger charge is -2.26. The third kappa shape index (κ3) is 2.69. The summed E-state index contributed by atoms with van der Waals surface area (Å²) in [5, 5.41) is 7.13. The number of hydrogen-bond donors (Lipinski definition) is 2. The number of nitrogens with one attached hydrogen (secondary N) is 1. The topological polar surface area (TPSA) is 90.0 Å². The minimum Gasteiger partial charge on any atom is -0.368 e. The van der Waals surface area contributed by atoms with Crippen molar-refractivity contribution < 1.29 is 9.59 Å². The highest BCUT2D eigenvalue weighted by Gasteiger charge is 2.41. The van der Waals surface area contributed by atoms with Gasteiger partial charge in [-0.15, -0.1) is 0 Å². The van der Waals surface area contributed by atoms with E-state index in [1.54, 1.807) is 17.8 Å². The number of rotatable bonds is 5. The minimum absolute atomic E-state index is 0.275. The highest BCUT2D eigenvalue weighted by molar-refractivity contribution is 5.98. The zero-order chi connectivity index (χ0) is 14.8. The van der Waals surface area contributed by atoms with E-state index in [0.717, 1.165) is 31.4 Å². The zero-order valence-electron chi connectivity index (χ0n) is 12.1. The average Bonchev–Trinajstić information content (AvgIpc) is 2.98. The molecule has 1 saturated carbocycles. The van der Waals surface area contributed by atoms with Gasteiger partial charge in [0.15, 0.2) is 0 Å². The van der Waals surface area contributed by atoms with Gasteiger partial charge in [-0.3, -0.25) is 14.3 Å². The van der Waals surface area contributed by atoms with Crippen molar-refractivity contribution in [2.45, 2.75) is 51.0 Å². The Bertz CT molecular complexity index is 515. The molecular weight excluding hydrogens is 256 g/mol. The maximum atomic E-state index is 12.4. The number of aromatic nitrogens is 2. The Hall–Kier alpha value is -1.85. The van der Waals surface area contributed by atoms with Gasteiger partial charge in [-0.2, -0.15) is 5.10 Å². The number of aryl methyl sites for hydroxylation is 2. The van der Waals surface area contributed by atoms with Crippen LogP contribution in [0.3, 0.4) is 0 Å². The Morgan fingerprint density at radius 1 is 1.45 bits per heavy atom. The van der Waals surface area contributed by atoms with E-state index in [0.29, 0.717) is 18.5 Å². The first kappa shape index (κ1) is 14.6. The fraction of sp³-hybridized carbons (Fsp3) is 0.643. The molecule has 0 bridgehead atoms. The van der Waals surface area contributed by atoms with Crippen molar-refractivity contribution in [2.24, 2.45) is 12.8 Å². The highest BCUT2D eigenvalue weighted by Crippen LogP contribution is 2.29. The summed E-state index contributed by atoms with van der Waals surface area (Å²) >= 11 is 0. The lowest BCUT2D eigenvalue weighted by molar-refractivity contribution is -0.123. The van der Waals surface area contributed by atoms with Crippen molar-refractivity contribution in [3.05, 3.63) is 17.5 Å². The van der Waals surface area contributed by atoms with Gasteiger partial charge in [-0.05, 0) is 25.3 Å². The van der Waals surface area contributed by atoms with Gasteiger partial charge in [0.1, 0.15) is 11.2 Å². The standard InChI is InChI=1S/C14H22N4O2/c1-3-6-10-9-11(18(2)17-10)12(19)16-14(13(15)20)7-4-5-8-14/h9H,3-8H2,1-2H3,(H2,15,20)(H,16,19). The van der Waals surface area contributed by atoms with Crippen molar-refractivity contribution in [1.29, 1.82) is 0 Å². The maximum absolute atomic E-state index is 12.4. The molecule has 20 heavy (non-hydrogen) atoms. The van der Waals surface area contributed by atoms with E-state index in [1.165, 1.54) is 0 Å². The third-order valence-corrected chi connectivity index (χ3v) is 3.95. The first-order valence-corrected chi connectivity index (χ1v) is 7.14. The van der Waals surface area contributed by atoms with Crippen LogP contribution in [0.4, 0.5) is 0 Å². The number of amides is 2. The number of primary amides is 1. The molecule has 0 unspecified atom stereocenters. The van der Waals surface area contributed by atoms with Gasteiger partial charge >= 0.3 is 0 Å². The molecule has 6 heteroatoms. The minimum atomic E-state index is -0.883. The molecule has 1 aliphatic carbocycles. The van der Waals surface area contributed by atoms with Gasteiger partial charge in [0, 0.05) is 7.05 Å². The summed E-state index contributed by atoms with van der Waals surface area (Å²) in [5.74, 6) is -0.720. The monoisotopic (exact) mass is 278 g/mol. The fourth-order valence-electron chi connectivity index (χ4n) is 2.81. The van der Waals surface area contributed by atoms with E-state index in [1.807, 2.05) is 0 Å². The van der Waals surface area contributed by atoms with Crippen LogP contribution >= 0.6 is 0 Å². The molecule has 0 atom stereocenters. The predicted octanol–water partition coefficient (Wildman–Crippen LogP) is 0.900. The van der Waals surface area contributed by atoms with Crippen molar-refractivity contribution in [3.8, 4) is 0 Å². The number of nitrogens with two attached hydrogens (primary N) is 1. The Morgan fingerprint density at radius 2 is 2.10 bits per heavy atom. The van der Waals surface area contributed by atoms with E-state index in [4.69, 9.17) is 5.73 Å². The van der Waals surface area contributed by atoms with E-state index in [9.17, 15) is 9.59 Å². The molecule has 1 aliphatic rings. The Morgan fingerprint density at radius 3 is 2.65 bits per heavy atom. The van der Waals surface area contributed by atoms with Gasteiger partial charge in [0.2, 0.25) is 5.91 Å². The molecule has 1 fully saturated rings. The molecule has 1 aromatic rings. The lowest BCUT2D eigenvalue weighted by Crippen LogP contribution is -2.55. The van der Waals surface area contributed by atoms with E-state index in [-0.39, 0.29) is 5.91 Å². The Labute approximate surface area is 118 Å². The summed E-state index contributed by atoms with van der Waals surface area (Å²) in [6.45, 7) is 2.06. The van der Waals surface area contributed by atoms with Crippen LogP contribution in [0.5, 0.6) is 0 Å². The molecule has 3 N–H and O–H groups in total. The van der Waals surface area contributed by atoms with Gasteiger partial charge in [0.05, 0.1) is 5.69 Å². The van der Waals surface area contributed by atoms with Gasteiger partial charge in [0.25, 0.3) is 5.91 Å². The second-order valence-corrected chi connectivity index (χ2v) is 5.50. The second kappa shape index (κ2) is 5.64. The van der Waals surface area contributed by atoms with Crippen LogP contribution in [0.15, 0.2) is 6.07 Å². The third-order valence-electron chi connectivity index (χ3n) is 3.95. The molecule has 0 spiro atoms. The molecule has 2 rings (SSSR count). The van der Waals surface area contributed by atoms with Crippen molar-refractivity contribution in [1.82, 2.24) is 15.1 Å². The molecule has 110 valence electrons. The van der Waals surface area contributed by atoms with Crippen LogP contribution < -0.4 is 11.1 Å². The van der Waals surface area contributed by atoms with Gasteiger partial charge in [-0.1, -0.05) is 26.2 Å². The molecule has 1 aromatic heterocycles. The van der Waals surface area contributed by atoms with Crippen LogP contribution in [-0.4, -0.2) is 27.1 Å². The zero-order valence-corrected chi connectivity index (χ0v) is 12.1. The van der Waals surface area contributed by atoms with Crippen LogP contribution in [0.2, 0.25) is 0 Å². The summed E-state index contributed by atoms with van der Waals surface area (Å²) < 4.78 is 1.56. The molecule has 0 aliphatic heterocycles. The van der Waals surface area contributed by atoms with Crippen molar-refractivity contribution in [3.63, 3.8) is 0 Å². The summed E-state index contributed by atoms with van der Waals surface area (Å²) in [7, 11) is 1.74. The predicted molar refractivity (Wildman–Crippen MR) is 75.1 cm³/mol.